The Kier molecular flexibility index (Phi) is 6.53. The zero-order valence-corrected chi connectivity index (χ0v) is 19.7. The number of rotatable bonds is 5. The van der Waals surface area contributed by atoms with Crippen LogP contribution in [0.25, 0.3) is 0 Å². The van der Waals surface area contributed by atoms with E-state index in [-0.39, 0.29) is 30.0 Å². The third-order valence-electron chi connectivity index (χ3n) is 7.06. The summed E-state index contributed by atoms with van der Waals surface area (Å²) < 4.78 is 24.6. The van der Waals surface area contributed by atoms with Gasteiger partial charge < -0.3 is 14.4 Å². The summed E-state index contributed by atoms with van der Waals surface area (Å²) in [5.41, 5.74) is 3.55. The number of likely N-dealkylation sites (tertiary alicyclic amines) is 1. The van der Waals surface area contributed by atoms with Gasteiger partial charge in [0.25, 0.3) is 5.91 Å². The molecule has 2 heterocycles. The SMILES string of the molecule is COc1cccc([C@H](c2ccc(F)cc2)C2CCN(C(=O)c3ccc4c(c3)CC(=O)CO4)CC2)c1. The van der Waals surface area contributed by atoms with Crippen molar-refractivity contribution in [3.05, 3.63) is 94.8 Å². The number of carbonyl (C=O) groups excluding carboxylic acids is 2. The highest BCUT2D eigenvalue weighted by atomic mass is 19.1. The van der Waals surface area contributed by atoms with Crippen LogP contribution in [0.1, 0.15) is 45.8 Å². The molecule has 0 N–H and O–H groups in total. The number of ketones is 1. The molecule has 3 aromatic carbocycles. The standard InChI is InChI=1S/C29H28FNO4/c1-34-26-4-2-3-21(17-26)28(19-5-8-24(30)9-6-19)20-11-13-31(14-12-20)29(33)22-7-10-27-23(15-22)16-25(32)18-35-27/h2-10,15,17,20,28H,11-14,16,18H2,1H3/t28-/m1/s1. The van der Waals surface area contributed by atoms with Crippen LogP contribution < -0.4 is 9.47 Å². The van der Waals surface area contributed by atoms with E-state index in [1.165, 1.54) is 12.1 Å². The minimum atomic E-state index is -0.254. The van der Waals surface area contributed by atoms with Gasteiger partial charge in [-0.25, -0.2) is 4.39 Å². The van der Waals surface area contributed by atoms with Gasteiger partial charge in [0, 0.05) is 36.6 Å². The number of hydrogen-bond donors (Lipinski definition) is 0. The van der Waals surface area contributed by atoms with Gasteiger partial charge in [0.1, 0.15) is 23.9 Å². The molecule has 2 aliphatic rings. The van der Waals surface area contributed by atoms with Crippen LogP contribution in [0.2, 0.25) is 0 Å². The van der Waals surface area contributed by atoms with Crippen LogP contribution in [0.3, 0.4) is 0 Å². The molecule has 180 valence electrons. The molecule has 0 spiro atoms. The molecule has 0 aromatic heterocycles. The van der Waals surface area contributed by atoms with Gasteiger partial charge in [0.05, 0.1) is 7.11 Å². The molecule has 0 unspecified atom stereocenters. The second kappa shape index (κ2) is 9.90. The summed E-state index contributed by atoms with van der Waals surface area (Å²) in [5.74, 6) is 1.59. The number of hydrogen-bond acceptors (Lipinski definition) is 4. The third kappa shape index (κ3) is 4.92. The lowest BCUT2D eigenvalue weighted by molar-refractivity contribution is -0.121. The fourth-order valence-electron chi connectivity index (χ4n) is 5.27. The smallest absolute Gasteiger partial charge is 0.253 e. The van der Waals surface area contributed by atoms with Crippen molar-refractivity contribution >= 4 is 11.7 Å². The van der Waals surface area contributed by atoms with Crippen molar-refractivity contribution in [3.8, 4) is 11.5 Å². The lowest BCUT2D eigenvalue weighted by atomic mass is 9.76. The number of amides is 1. The lowest BCUT2D eigenvalue weighted by Gasteiger charge is -2.37. The second-order valence-electron chi connectivity index (χ2n) is 9.26. The summed E-state index contributed by atoms with van der Waals surface area (Å²) in [5, 5.41) is 0. The van der Waals surface area contributed by atoms with Crippen molar-refractivity contribution in [3.63, 3.8) is 0 Å². The molecule has 1 atom stereocenters. The highest BCUT2D eigenvalue weighted by Gasteiger charge is 2.31. The molecule has 1 saturated heterocycles. The van der Waals surface area contributed by atoms with E-state index in [2.05, 4.69) is 6.07 Å². The molecule has 3 aromatic rings. The number of fused-ring (bicyclic) bond motifs is 1. The van der Waals surface area contributed by atoms with Gasteiger partial charge in [0.2, 0.25) is 0 Å². The molecule has 1 fully saturated rings. The molecule has 0 radical (unpaired) electrons. The van der Waals surface area contributed by atoms with Crippen molar-refractivity contribution < 1.29 is 23.5 Å². The summed E-state index contributed by atoms with van der Waals surface area (Å²) in [6, 6.07) is 20.1. The molecule has 1 amide bonds. The number of nitrogens with zero attached hydrogens (tertiary/aromatic N) is 1. The second-order valence-corrected chi connectivity index (χ2v) is 9.26. The maximum Gasteiger partial charge on any atom is 0.253 e. The fourth-order valence-corrected chi connectivity index (χ4v) is 5.27. The quantitative estimate of drug-likeness (QED) is 0.522. The van der Waals surface area contributed by atoms with Crippen molar-refractivity contribution in [2.45, 2.75) is 25.2 Å². The van der Waals surface area contributed by atoms with Crippen LogP contribution in [0.15, 0.2) is 66.7 Å². The molecule has 0 aliphatic carbocycles. The van der Waals surface area contributed by atoms with E-state index in [1.54, 1.807) is 25.3 Å². The first kappa shape index (κ1) is 23.1. The number of carbonyl (C=O) groups is 2. The molecule has 2 aliphatic heterocycles. The zero-order valence-electron chi connectivity index (χ0n) is 19.7. The maximum absolute atomic E-state index is 13.7. The molecule has 0 saturated carbocycles. The Morgan fingerprint density at radius 3 is 2.54 bits per heavy atom. The molecule has 5 rings (SSSR count). The largest absolute Gasteiger partial charge is 0.497 e. The summed E-state index contributed by atoms with van der Waals surface area (Å²) in [7, 11) is 1.65. The molecular weight excluding hydrogens is 445 g/mol. The Morgan fingerprint density at radius 2 is 1.80 bits per heavy atom. The number of halogens is 1. The first-order valence-corrected chi connectivity index (χ1v) is 12.0. The van der Waals surface area contributed by atoms with Crippen LogP contribution >= 0.6 is 0 Å². The Balaban J connectivity index is 1.34. The van der Waals surface area contributed by atoms with E-state index in [0.29, 0.717) is 36.7 Å². The Bertz CT molecular complexity index is 1230. The minimum Gasteiger partial charge on any atom is -0.497 e. The van der Waals surface area contributed by atoms with Crippen LogP contribution in [-0.4, -0.2) is 43.4 Å². The molecular formula is C29H28FNO4. The normalized spacial score (nSPS) is 16.9. The molecule has 5 nitrogen and oxygen atoms in total. The van der Waals surface area contributed by atoms with Gasteiger partial charge in [-0.2, -0.15) is 0 Å². The predicted molar refractivity (Wildman–Crippen MR) is 131 cm³/mol. The molecule has 6 heteroatoms. The average Bonchev–Trinajstić information content (AvgIpc) is 2.89. The summed E-state index contributed by atoms with van der Waals surface area (Å²) in [6.45, 7) is 1.37. The number of ether oxygens (including phenoxy) is 2. The molecule has 0 bridgehead atoms. The van der Waals surface area contributed by atoms with Gasteiger partial charge in [-0.3, -0.25) is 9.59 Å². The third-order valence-corrected chi connectivity index (χ3v) is 7.06. The van der Waals surface area contributed by atoms with Crippen LogP contribution in [0.5, 0.6) is 11.5 Å². The van der Waals surface area contributed by atoms with Crippen LogP contribution in [-0.2, 0) is 11.2 Å². The van der Waals surface area contributed by atoms with Crippen LogP contribution in [0.4, 0.5) is 4.39 Å². The van der Waals surface area contributed by atoms with E-state index in [0.717, 1.165) is 35.3 Å². The van der Waals surface area contributed by atoms with Crippen LogP contribution in [0, 0.1) is 11.7 Å². The van der Waals surface area contributed by atoms with Gasteiger partial charge in [-0.15, -0.1) is 0 Å². The summed E-state index contributed by atoms with van der Waals surface area (Å²) in [4.78, 5) is 26.9. The number of benzene rings is 3. The van der Waals surface area contributed by atoms with Gasteiger partial charge in [-0.05, 0) is 72.4 Å². The highest BCUT2D eigenvalue weighted by molar-refractivity contribution is 5.95. The van der Waals surface area contributed by atoms with E-state index < -0.39 is 0 Å². The molecule has 35 heavy (non-hydrogen) atoms. The van der Waals surface area contributed by atoms with Gasteiger partial charge in [0.15, 0.2) is 5.78 Å². The van der Waals surface area contributed by atoms with E-state index in [4.69, 9.17) is 9.47 Å². The first-order chi connectivity index (χ1) is 17.0. The Labute approximate surface area is 204 Å². The monoisotopic (exact) mass is 473 g/mol. The van der Waals surface area contributed by atoms with Crippen molar-refractivity contribution in [1.82, 2.24) is 4.90 Å². The number of Topliss-reactive ketones (excluding diaryl/α,β-unsaturated/α-hetero) is 1. The summed E-state index contributed by atoms with van der Waals surface area (Å²) >= 11 is 0. The van der Waals surface area contributed by atoms with Crippen molar-refractivity contribution in [2.75, 3.05) is 26.8 Å². The first-order valence-electron chi connectivity index (χ1n) is 12.0. The van der Waals surface area contributed by atoms with Gasteiger partial charge >= 0.3 is 0 Å². The maximum atomic E-state index is 13.7. The highest BCUT2D eigenvalue weighted by Crippen LogP contribution is 2.39. The Hall–Kier alpha value is -3.67. The zero-order chi connectivity index (χ0) is 24.4. The Morgan fingerprint density at radius 1 is 1.03 bits per heavy atom. The number of piperidine rings is 1. The average molecular weight is 474 g/mol. The fraction of sp³-hybridized carbons (Fsp3) is 0.310. The van der Waals surface area contributed by atoms with E-state index in [1.807, 2.05) is 35.2 Å². The van der Waals surface area contributed by atoms with E-state index >= 15 is 0 Å². The minimum absolute atomic E-state index is 0.0206. The predicted octanol–water partition coefficient (Wildman–Crippen LogP) is 5.02. The summed E-state index contributed by atoms with van der Waals surface area (Å²) in [6.07, 6.45) is 1.97. The van der Waals surface area contributed by atoms with Gasteiger partial charge in [-0.1, -0.05) is 24.3 Å². The lowest BCUT2D eigenvalue weighted by Crippen LogP contribution is -2.40. The van der Waals surface area contributed by atoms with Crippen molar-refractivity contribution in [2.24, 2.45) is 5.92 Å². The topological polar surface area (TPSA) is 55.8 Å². The number of methoxy groups -OCH3 is 1. The van der Waals surface area contributed by atoms with Crippen molar-refractivity contribution in [1.29, 1.82) is 0 Å². The van der Waals surface area contributed by atoms with E-state index in [9.17, 15) is 14.0 Å².